The molecule has 0 atom stereocenters. The minimum atomic E-state index is -0.906. The Bertz CT molecular complexity index is 1020. The molecule has 3 rings (SSSR count). The molecule has 0 radical (unpaired) electrons. The largest absolute Gasteiger partial charge is 0.515 e. The van der Waals surface area contributed by atoms with Crippen molar-refractivity contribution in [3.63, 3.8) is 0 Å². The summed E-state index contributed by atoms with van der Waals surface area (Å²) < 4.78 is 25.1. The standard InChI is InChI=1S/C19H13ClFN3O3/c1-2-26-19(25)27-18-10-17(13-7-14(20)9-15(21)8-13)24(23-18)16-5-3-4-12(6-16)11-22/h3-10H,2H2,1H3. The van der Waals surface area contributed by atoms with Gasteiger partial charge in [0.05, 0.1) is 29.6 Å². The molecule has 0 aliphatic rings. The lowest BCUT2D eigenvalue weighted by atomic mass is 10.1. The number of aromatic nitrogens is 2. The molecular weight excluding hydrogens is 373 g/mol. The second-order valence-corrected chi connectivity index (χ2v) is 5.82. The lowest BCUT2D eigenvalue weighted by molar-refractivity contribution is 0.102. The van der Waals surface area contributed by atoms with Crippen molar-refractivity contribution in [2.75, 3.05) is 6.61 Å². The minimum absolute atomic E-state index is 0.0359. The Balaban J connectivity index is 2.13. The highest BCUT2D eigenvalue weighted by Crippen LogP contribution is 2.30. The molecule has 0 spiro atoms. The van der Waals surface area contributed by atoms with Gasteiger partial charge in [-0.25, -0.2) is 13.9 Å². The van der Waals surface area contributed by atoms with E-state index in [0.29, 0.717) is 22.5 Å². The molecule has 0 bridgehead atoms. The molecule has 0 aliphatic carbocycles. The van der Waals surface area contributed by atoms with Gasteiger partial charge in [0, 0.05) is 16.7 Å². The quantitative estimate of drug-likeness (QED) is 0.606. The highest BCUT2D eigenvalue weighted by molar-refractivity contribution is 6.30. The fraction of sp³-hybridized carbons (Fsp3) is 0.105. The molecular formula is C19H13ClFN3O3. The molecule has 3 aromatic rings. The van der Waals surface area contributed by atoms with Crippen LogP contribution in [-0.4, -0.2) is 22.5 Å². The molecule has 0 amide bonds. The Morgan fingerprint density at radius 1 is 1.30 bits per heavy atom. The van der Waals surface area contributed by atoms with E-state index >= 15 is 0 Å². The maximum Gasteiger partial charge on any atom is 0.515 e. The van der Waals surface area contributed by atoms with Gasteiger partial charge in [0.25, 0.3) is 0 Å². The molecule has 0 saturated carbocycles. The van der Waals surface area contributed by atoms with Crippen molar-refractivity contribution < 1.29 is 18.7 Å². The molecule has 0 unspecified atom stereocenters. The first kappa shape index (κ1) is 18.4. The zero-order valence-electron chi connectivity index (χ0n) is 14.1. The highest BCUT2D eigenvalue weighted by atomic mass is 35.5. The molecule has 8 heteroatoms. The highest BCUT2D eigenvalue weighted by Gasteiger charge is 2.17. The van der Waals surface area contributed by atoms with Gasteiger partial charge in [-0.05, 0) is 43.3 Å². The Hall–Kier alpha value is -3.37. The van der Waals surface area contributed by atoms with Gasteiger partial charge in [-0.15, -0.1) is 5.10 Å². The Labute approximate surface area is 159 Å². The van der Waals surface area contributed by atoms with Crippen LogP contribution in [0.3, 0.4) is 0 Å². The van der Waals surface area contributed by atoms with Crippen LogP contribution in [0.4, 0.5) is 9.18 Å². The third kappa shape index (κ3) is 4.25. The number of hydrogen-bond acceptors (Lipinski definition) is 5. The normalized spacial score (nSPS) is 10.3. The van der Waals surface area contributed by atoms with Crippen LogP contribution in [0.25, 0.3) is 16.9 Å². The van der Waals surface area contributed by atoms with E-state index in [2.05, 4.69) is 5.10 Å². The third-order valence-corrected chi connectivity index (χ3v) is 3.73. The summed E-state index contributed by atoms with van der Waals surface area (Å²) in [4.78, 5) is 11.6. The predicted octanol–water partition coefficient (Wildman–Crippen LogP) is 4.74. The van der Waals surface area contributed by atoms with Crippen molar-refractivity contribution in [2.24, 2.45) is 0 Å². The van der Waals surface area contributed by atoms with Gasteiger partial charge >= 0.3 is 6.16 Å². The van der Waals surface area contributed by atoms with Crippen LogP contribution in [0.5, 0.6) is 5.88 Å². The molecule has 0 saturated heterocycles. The molecule has 0 fully saturated rings. The summed E-state index contributed by atoms with van der Waals surface area (Å²) in [5.41, 5.74) is 1.79. The number of carbonyl (C=O) groups is 1. The van der Waals surface area contributed by atoms with Crippen molar-refractivity contribution in [3.05, 3.63) is 64.9 Å². The average molecular weight is 386 g/mol. The molecule has 0 aliphatic heterocycles. The predicted molar refractivity (Wildman–Crippen MR) is 96.3 cm³/mol. The van der Waals surface area contributed by atoms with E-state index < -0.39 is 12.0 Å². The summed E-state index contributed by atoms with van der Waals surface area (Å²) in [7, 11) is 0. The van der Waals surface area contributed by atoms with Crippen molar-refractivity contribution >= 4 is 17.8 Å². The average Bonchev–Trinajstić information content (AvgIpc) is 3.05. The maximum atomic E-state index is 13.8. The first-order valence-electron chi connectivity index (χ1n) is 7.92. The summed E-state index contributed by atoms with van der Waals surface area (Å²) in [6.45, 7) is 1.80. The Kier molecular flexibility index (Phi) is 5.38. The molecule has 1 heterocycles. The van der Waals surface area contributed by atoms with Gasteiger partial charge in [0.2, 0.25) is 5.88 Å². The number of ether oxygens (including phenoxy) is 2. The fourth-order valence-electron chi connectivity index (χ4n) is 2.45. The molecule has 6 nitrogen and oxygen atoms in total. The lowest BCUT2D eigenvalue weighted by Crippen LogP contribution is -2.10. The summed E-state index contributed by atoms with van der Waals surface area (Å²) in [6.07, 6.45) is -0.906. The van der Waals surface area contributed by atoms with Crippen molar-refractivity contribution in [1.82, 2.24) is 9.78 Å². The van der Waals surface area contributed by atoms with Gasteiger partial charge in [-0.3, -0.25) is 0 Å². The van der Waals surface area contributed by atoms with Crippen molar-refractivity contribution in [1.29, 1.82) is 5.26 Å². The van der Waals surface area contributed by atoms with Crippen LogP contribution in [0.15, 0.2) is 48.5 Å². The van der Waals surface area contributed by atoms with E-state index in [1.54, 1.807) is 37.3 Å². The molecule has 1 aromatic heterocycles. The van der Waals surface area contributed by atoms with E-state index in [4.69, 9.17) is 26.3 Å². The zero-order chi connectivity index (χ0) is 19.4. The second-order valence-electron chi connectivity index (χ2n) is 5.38. The number of rotatable bonds is 4. The SMILES string of the molecule is CCOC(=O)Oc1cc(-c2cc(F)cc(Cl)c2)n(-c2cccc(C#N)c2)n1. The number of nitrogens with zero attached hydrogens (tertiary/aromatic N) is 3. The van der Waals surface area contributed by atoms with Crippen LogP contribution >= 0.6 is 11.6 Å². The van der Waals surface area contributed by atoms with E-state index in [1.165, 1.54) is 22.9 Å². The van der Waals surface area contributed by atoms with Crippen molar-refractivity contribution in [3.8, 4) is 28.9 Å². The van der Waals surface area contributed by atoms with Crippen LogP contribution < -0.4 is 4.74 Å². The summed E-state index contributed by atoms with van der Waals surface area (Å²) in [5.74, 6) is -0.560. The Morgan fingerprint density at radius 2 is 2.11 bits per heavy atom. The van der Waals surface area contributed by atoms with Crippen LogP contribution in [0, 0.1) is 17.1 Å². The van der Waals surface area contributed by atoms with E-state index in [1.807, 2.05) is 6.07 Å². The number of nitriles is 1. The monoisotopic (exact) mass is 385 g/mol. The Morgan fingerprint density at radius 3 is 2.81 bits per heavy atom. The first-order chi connectivity index (χ1) is 13.0. The zero-order valence-corrected chi connectivity index (χ0v) is 14.9. The summed E-state index contributed by atoms with van der Waals surface area (Å²) in [5, 5.41) is 13.6. The van der Waals surface area contributed by atoms with Gasteiger partial charge < -0.3 is 9.47 Å². The van der Waals surface area contributed by atoms with E-state index in [9.17, 15) is 9.18 Å². The smallest absolute Gasteiger partial charge is 0.434 e. The van der Waals surface area contributed by atoms with E-state index in [0.717, 1.165) is 0 Å². The molecule has 2 aromatic carbocycles. The first-order valence-corrected chi connectivity index (χ1v) is 8.29. The van der Waals surface area contributed by atoms with Gasteiger partial charge in [0.1, 0.15) is 5.82 Å². The summed E-state index contributed by atoms with van der Waals surface area (Å²) >= 11 is 5.96. The third-order valence-electron chi connectivity index (χ3n) is 3.52. The van der Waals surface area contributed by atoms with Crippen LogP contribution in [0.1, 0.15) is 12.5 Å². The number of halogens is 2. The number of hydrogen-bond donors (Lipinski definition) is 0. The van der Waals surface area contributed by atoms with E-state index in [-0.39, 0.29) is 17.5 Å². The van der Waals surface area contributed by atoms with Crippen LogP contribution in [0.2, 0.25) is 5.02 Å². The fourth-order valence-corrected chi connectivity index (χ4v) is 2.68. The second kappa shape index (κ2) is 7.89. The maximum absolute atomic E-state index is 13.8. The van der Waals surface area contributed by atoms with Gasteiger partial charge in [-0.1, -0.05) is 17.7 Å². The number of benzene rings is 2. The lowest BCUT2D eigenvalue weighted by Gasteiger charge is -2.08. The van der Waals surface area contributed by atoms with Gasteiger partial charge in [0.15, 0.2) is 0 Å². The van der Waals surface area contributed by atoms with Gasteiger partial charge in [-0.2, -0.15) is 5.26 Å². The molecule has 136 valence electrons. The number of carbonyl (C=O) groups excluding carboxylic acids is 1. The van der Waals surface area contributed by atoms with Crippen molar-refractivity contribution in [2.45, 2.75) is 6.92 Å². The van der Waals surface area contributed by atoms with Crippen LogP contribution in [-0.2, 0) is 4.74 Å². The molecule has 27 heavy (non-hydrogen) atoms. The topological polar surface area (TPSA) is 77.1 Å². The minimum Gasteiger partial charge on any atom is -0.434 e. The molecule has 0 N–H and O–H groups in total. The summed E-state index contributed by atoms with van der Waals surface area (Å²) in [6, 6.07) is 14.2.